The summed E-state index contributed by atoms with van der Waals surface area (Å²) in [6.07, 6.45) is 3.33. The maximum absolute atomic E-state index is 11.6. The van der Waals surface area contributed by atoms with Gasteiger partial charge in [0.05, 0.1) is 35.6 Å². The van der Waals surface area contributed by atoms with Gasteiger partial charge in [-0.15, -0.1) is 17.9 Å². The largest absolute Gasteiger partial charge is 0.507 e. The molecule has 2 aromatic carbocycles. The smallest absolute Gasteiger partial charge is 0.252 e. The molecule has 0 aliphatic carbocycles. The number of carbonyl (C=O) groups excluding carboxylic acids is 1. The summed E-state index contributed by atoms with van der Waals surface area (Å²) in [5.74, 6) is -0.899. The summed E-state index contributed by atoms with van der Waals surface area (Å²) >= 11 is 1.38. The first kappa shape index (κ1) is 19.8. The molecule has 0 unspecified atom stereocenters. The second-order valence-electron chi connectivity index (χ2n) is 5.92. The van der Waals surface area contributed by atoms with Gasteiger partial charge in [-0.3, -0.25) is 9.79 Å². The highest BCUT2D eigenvalue weighted by molar-refractivity contribution is 7.07. The van der Waals surface area contributed by atoms with E-state index in [1.807, 2.05) is 5.38 Å². The summed E-state index contributed by atoms with van der Waals surface area (Å²) in [6.45, 7) is 4.10. The fourth-order valence-electron chi connectivity index (χ4n) is 2.52. The van der Waals surface area contributed by atoms with E-state index in [1.54, 1.807) is 47.3 Å². The number of hydrogen-bond acceptors (Lipinski definition) is 6. The zero-order valence-electron chi connectivity index (χ0n) is 15.3. The number of hydrogen-bond donors (Lipinski definition) is 2. The molecule has 3 aromatic rings. The summed E-state index contributed by atoms with van der Waals surface area (Å²) in [7, 11) is 0. The molecule has 29 heavy (non-hydrogen) atoms. The zero-order valence-corrected chi connectivity index (χ0v) is 16.1. The van der Waals surface area contributed by atoms with Gasteiger partial charge in [0.25, 0.3) is 5.91 Å². The average molecular weight is 403 g/mol. The Kier molecular flexibility index (Phi) is 6.02. The highest BCUT2D eigenvalue weighted by Crippen LogP contribution is 2.26. The lowest BCUT2D eigenvalue weighted by Crippen LogP contribution is -2.13. The van der Waals surface area contributed by atoms with Crippen molar-refractivity contribution in [2.45, 2.75) is 0 Å². The minimum absolute atomic E-state index is 0.0286. The third kappa shape index (κ3) is 4.48. The summed E-state index contributed by atoms with van der Waals surface area (Å²) in [4.78, 5) is 16.7. The fraction of sp³-hybridized carbons (Fsp3) is 0.0476. The molecule has 144 valence electrons. The van der Waals surface area contributed by atoms with Gasteiger partial charge in [-0.2, -0.15) is 10.4 Å². The third-order valence-electron chi connectivity index (χ3n) is 3.96. The first-order chi connectivity index (χ1) is 14.0. The van der Waals surface area contributed by atoms with Crippen LogP contribution in [-0.2, 0) is 0 Å². The Hall–Kier alpha value is -3.96. The topological polar surface area (TPSA) is 117 Å². The number of thiazole rings is 1. The molecule has 1 amide bonds. The van der Waals surface area contributed by atoms with E-state index in [-0.39, 0.29) is 11.3 Å². The molecule has 0 aliphatic rings. The van der Waals surface area contributed by atoms with E-state index < -0.39 is 5.91 Å². The number of nitrogens with two attached hydrogens (primary N) is 1. The fourth-order valence-corrected chi connectivity index (χ4v) is 3.37. The minimum Gasteiger partial charge on any atom is -0.507 e. The monoisotopic (exact) mass is 403 g/mol. The van der Waals surface area contributed by atoms with E-state index in [4.69, 9.17) is 11.0 Å². The Morgan fingerprint density at radius 3 is 2.72 bits per heavy atom. The number of nitriles is 1. The Balaban J connectivity index is 2.09. The van der Waals surface area contributed by atoms with Gasteiger partial charge < -0.3 is 10.8 Å². The lowest BCUT2D eigenvalue weighted by molar-refractivity contribution is 0.0998. The van der Waals surface area contributed by atoms with Crippen LogP contribution in [0.25, 0.3) is 11.3 Å². The van der Waals surface area contributed by atoms with Crippen LogP contribution in [0, 0.1) is 11.3 Å². The third-order valence-corrected chi connectivity index (χ3v) is 4.81. The molecular weight excluding hydrogens is 386 g/mol. The molecule has 1 heterocycles. The van der Waals surface area contributed by atoms with Crippen LogP contribution in [0.15, 0.2) is 70.6 Å². The van der Waals surface area contributed by atoms with E-state index in [0.29, 0.717) is 28.2 Å². The molecule has 0 saturated carbocycles. The molecule has 8 heteroatoms. The van der Waals surface area contributed by atoms with Gasteiger partial charge in [0.1, 0.15) is 5.75 Å². The molecule has 3 N–H and O–H groups in total. The van der Waals surface area contributed by atoms with E-state index in [2.05, 4.69) is 22.7 Å². The summed E-state index contributed by atoms with van der Waals surface area (Å²) in [5.41, 5.74) is 8.09. The highest BCUT2D eigenvalue weighted by atomic mass is 32.1. The van der Waals surface area contributed by atoms with Crippen LogP contribution in [0.4, 0.5) is 0 Å². The van der Waals surface area contributed by atoms with E-state index in [9.17, 15) is 9.90 Å². The van der Waals surface area contributed by atoms with Crippen LogP contribution in [-0.4, -0.2) is 28.4 Å². The van der Waals surface area contributed by atoms with E-state index >= 15 is 0 Å². The number of carbonyl (C=O) groups is 1. The number of phenols is 1. The van der Waals surface area contributed by atoms with Crippen molar-refractivity contribution in [2.24, 2.45) is 15.8 Å². The molecule has 7 nitrogen and oxygen atoms in total. The van der Waals surface area contributed by atoms with Crippen LogP contribution in [0.3, 0.4) is 0 Å². The SMILES string of the molecule is C=CCN=c1scc(-c2ccc(O)c(C(N)=O)c2)n1N=Cc1ccc(C#N)cc1. The van der Waals surface area contributed by atoms with Crippen molar-refractivity contribution < 1.29 is 9.90 Å². The van der Waals surface area contributed by atoms with Gasteiger partial charge in [0.2, 0.25) is 4.80 Å². The Labute approximate surface area is 171 Å². The summed E-state index contributed by atoms with van der Waals surface area (Å²) in [6, 6.07) is 13.7. The standard InChI is InChI=1S/C21H17N5O2S/c1-2-9-24-21-26(25-12-15-5-3-14(11-22)4-6-15)18(13-29-21)16-7-8-19(27)17(10-16)20(23)28/h2-8,10,12-13,27H,1,9H2,(H2,23,28). The quantitative estimate of drug-likeness (QED) is 0.487. The van der Waals surface area contributed by atoms with Crippen molar-refractivity contribution in [3.63, 3.8) is 0 Å². The molecule has 0 bridgehead atoms. The number of nitrogens with zero attached hydrogens (tertiary/aromatic N) is 4. The van der Waals surface area contributed by atoms with Crippen LogP contribution in [0.5, 0.6) is 5.75 Å². The first-order valence-electron chi connectivity index (χ1n) is 8.53. The zero-order chi connectivity index (χ0) is 20.8. The number of amides is 1. The molecule has 1 aromatic heterocycles. The van der Waals surface area contributed by atoms with E-state index in [0.717, 1.165) is 5.56 Å². The van der Waals surface area contributed by atoms with Gasteiger partial charge >= 0.3 is 0 Å². The van der Waals surface area contributed by atoms with Crippen molar-refractivity contribution >= 4 is 23.5 Å². The molecule has 0 saturated heterocycles. The van der Waals surface area contributed by atoms with Gasteiger partial charge in [-0.05, 0) is 35.9 Å². The van der Waals surface area contributed by atoms with Gasteiger partial charge in [0.15, 0.2) is 0 Å². The van der Waals surface area contributed by atoms with Crippen LogP contribution in [0.1, 0.15) is 21.5 Å². The first-order valence-corrected chi connectivity index (χ1v) is 9.41. The lowest BCUT2D eigenvalue weighted by atomic mass is 10.1. The summed E-state index contributed by atoms with van der Waals surface area (Å²) < 4.78 is 1.64. The number of primary amides is 1. The van der Waals surface area contributed by atoms with Crippen LogP contribution in [0.2, 0.25) is 0 Å². The molecule has 0 fully saturated rings. The minimum atomic E-state index is -0.719. The van der Waals surface area contributed by atoms with Crippen molar-refractivity contribution in [1.29, 1.82) is 5.26 Å². The molecule has 0 radical (unpaired) electrons. The predicted molar refractivity (Wildman–Crippen MR) is 113 cm³/mol. The van der Waals surface area contributed by atoms with Crippen molar-refractivity contribution in [3.05, 3.63) is 82.0 Å². The van der Waals surface area contributed by atoms with Gasteiger partial charge in [-0.1, -0.05) is 18.2 Å². The van der Waals surface area contributed by atoms with Crippen LogP contribution < -0.4 is 10.5 Å². The second-order valence-corrected chi connectivity index (χ2v) is 6.76. The number of aromatic nitrogens is 1. The molecular formula is C21H17N5O2S. The van der Waals surface area contributed by atoms with Gasteiger partial charge in [-0.25, -0.2) is 4.68 Å². The number of rotatable bonds is 6. The van der Waals surface area contributed by atoms with Crippen molar-refractivity contribution in [1.82, 2.24) is 4.68 Å². The molecule has 0 spiro atoms. The van der Waals surface area contributed by atoms with E-state index in [1.165, 1.54) is 23.5 Å². The number of benzene rings is 2. The normalized spacial score (nSPS) is 11.5. The Bertz CT molecular complexity index is 1200. The number of aromatic hydroxyl groups is 1. The average Bonchev–Trinajstić information content (AvgIpc) is 3.13. The Morgan fingerprint density at radius 1 is 1.31 bits per heavy atom. The lowest BCUT2D eigenvalue weighted by Gasteiger charge is -2.06. The molecule has 0 atom stereocenters. The van der Waals surface area contributed by atoms with Crippen molar-refractivity contribution in [2.75, 3.05) is 6.54 Å². The van der Waals surface area contributed by atoms with Gasteiger partial charge in [0, 0.05) is 10.9 Å². The second kappa shape index (κ2) is 8.82. The summed E-state index contributed by atoms with van der Waals surface area (Å²) in [5, 5.41) is 25.2. The maximum Gasteiger partial charge on any atom is 0.252 e. The molecule has 3 rings (SSSR count). The maximum atomic E-state index is 11.6. The van der Waals surface area contributed by atoms with Crippen LogP contribution >= 0.6 is 11.3 Å². The predicted octanol–water partition coefficient (Wildman–Crippen LogP) is 2.86. The molecule has 0 aliphatic heterocycles. The Morgan fingerprint density at radius 2 is 2.07 bits per heavy atom. The van der Waals surface area contributed by atoms with Crippen molar-refractivity contribution in [3.8, 4) is 23.1 Å². The highest BCUT2D eigenvalue weighted by Gasteiger charge is 2.13.